The Morgan fingerprint density at radius 2 is 2.00 bits per heavy atom. The SMILES string of the molecule is N#Cc1ccc(NCc2ccc(C#N)o2)c(Br)c1. The number of hydrogen-bond acceptors (Lipinski definition) is 4. The van der Waals surface area contributed by atoms with Crippen LogP contribution >= 0.6 is 15.9 Å². The van der Waals surface area contributed by atoms with Gasteiger partial charge in [-0.25, -0.2) is 0 Å². The number of halogens is 1. The van der Waals surface area contributed by atoms with E-state index in [0.717, 1.165) is 10.2 Å². The molecule has 4 nitrogen and oxygen atoms in total. The summed E-state index contributed by atoms with van der Waals surface area (Å²) in [6.45, 7) is 0.478. The Hall–Kier alpha value is -2.24. The molecule has 0 spiro atoms. The lowest BCUT2D eigenvalue weighted by atomic mass is 10.2. The minimum absolute atomic E-state index is 0.297. The van der Waals surface area contributed by atoms with Gasteiger partial charge in [-0.2, -0.15) is 10.5 Å². The van der Waals surface area contributed by atoms with Crippen LogP contribution in [-0.2, 0) is 6.54 Å². The third-order valence-corrected chi connectivity index (χ3v) is 2.98. The van der Waals surface area contributed by atoms with Gasteiger partial charge in [-0.15, -0.1) is 0 Å². The largest absolute Gasteiger partial charge is 0.449 e. The van der Waals surface area contributed by atoms with Crippen molar-refractivity contribution in [3.8, 4) is 12.1 Å². The van der Waals surface area contributed by atoms with Crippen LogP contribution in [0.15, 0.2) is 39.2 Å². The maximum Gasteiger partial charge on any atom is 0.203 e. The van der Waals surface area contributed by atoms with E-state index in [1.165, 1.54) is 0 Å². The van der Waals surface area contributed by atoms with E-state index in [2.05, 4.69) is 27.3 Å². The van der Waals surface area contributed by atoms with Crippen molar-refractivity contribution in [2.45, 2.75) is 6.54 Å². The predicted octanol–water partition coefficient (Wildman–Crippen LogP) is 3.40. The maximum atomic E-state index is 8.75. The molecule has 88 valence electrons. The zero-order valence-corrected chi connectivity index (χ0v) is 10.9. The summed E-state index contributed by atoms with van der Waals surface area (Å²) in [5, 5.41) is 20.5. The summed E-state index contributed by atoms with van der Waals surface area (Å²) in [6, 6.07) is 12.7. The van der Waals surface area contributed by atoms with E-state index in [4.69, 9.17) is 14.9 Å². The first-order chi connectivity index (χ1) is 8.72. The van der Waals surface area contributed by atoms with Crippen molar-refractivity contribution in [1.29, 1.82) is 10.5 Å². The Labute approximate surface area is 113 Å². The van der Waals surface area contributed by atoms with Crippen LogP contribution in [0.3, 0.4) is 0 Å². The van der Waals surface area contributed by atoms with Crippen LogP contribution in [0.2, 0.25) is 0 Å². The van der Waals surface area contributed by atoms with Crippen LogP contribution in [0.4, 0.5) is 5.69 Å². The number of nitrogens with zero attached hydrogens (tertiary/aromatic N) is 2. The second-order valence-corrected chi connectivity index (χ2v) is 4.39. The van der Waals surface area contributed by atoms with Crippen LogP contribution < -0.4 is 5.32 Å². The van der Waals surface area contributed by atoms with Gasteiger partial charge < -0.3 is 9.73 Å². The van der Waals surface area contributed by atoms with E-state index < -0.39 is 0 Å². The summed E-state index contributed by atoms with van der Waals surface area (Å²) in [5.41, 5.74) is 1.46. The van der Waals surface area contributed by atoms with Gasteiger partial charge in [0.2, 0.25) is 5.76 Å². The highest BCUT2D eigenvalue weighted by molar-refractivity contribution is 9.10. The number of rotatable bonds is 3. The zero-order chi connectivity index (χ0) is 13.0. The van der Waals surface area contributed by atoms with Gasteiger partial charge >= 0.3 is 0 Å². The maximum absolute atomic E-state index is 8.75. The Balaban J connectivity index is 2.07. The quantitative estimate of drug-likeness (QED) is 0.943. The number of benzene rings is 1. The van der Waals surface area contributed by atoms with Gasteiger partial charge in [0.05, 0.1) is 18.2 Å². The van der Waals surface area contributed by atoms with Crippen molar-refractivity contribution in [2.75, 3.05) is 5.32 Å². The van der Waals surface area contributed by atoms with E-state index in [0.29, 0.717) is 23.6 Å². The molecule has 2 aromatic rings. The van der Waals surface area contributed by atoms with E-state index in [1.807, 2.05) is 12.1 Å². The highest BCUT2D eigenvalue weighted by atomic mass is 79.9. The van der Waals surface area contributed by atoms with Crippen LogP contribution in [-0.4, -0.2) is 0 Å². The molecule has 0 atom stereocenters. The Kier molecular flexibility index (Phi) is 3.66. The highest BCUT2D eigenvalue weighted by Crippen LogP contribution is 2.24. The number of nitriles is 2. The van der Waals surface area contributed by atoms with Crippen molar-refractivity contribution < 1.29 is 4.42 Å². The number of anilines is 1. The fourth-order valence-electron chi connectivity index (χ4n) is 1.44. The predicted molar refractivity (Wildman–Crippen MR) is 69.6 cm³/mol. The first kappa shape index (κ1) is 12.2. The molecule has 0 unspecified atom stereocenters. The Morgan fingerprint density at radius 1 is 1.17 bits per heavy atom. The smallest absolute Gasteiger partial charge is 0.203 e. The molecular weight excluding hydrogens is 294 g/mol. The van der Waals surface area contributed by atoms with Gasteiger partial charge in [-0.3, -0.25) is 0 Å². The van der Waals surface area contributed by atoms with Gasteiger partial charge in [-0.05, 0) is 46.3 Å². The van der Waals surface area contributed by atoms with Crippen LogP contribution in [0.5, 0.6) is 0 Å². The lowest BCUT2D eigenvalue weighted by Gasteiger charge is -2.06. The van der Waals surface area contributed by atoms with Crippen molar-refractivity contribution in [2.24, 2.45) is 0 Å². The molecule has 1 N–H and O–H groups in total. The number of hydrogen-bond donors (Lipinski definition) is 1. The average Bonchev–Trinajstić information content (AvgIpc) is 2.85. The minimum atomic E-state index is 0.297. The normalized spacial score (nSPS) is 9.50. The van der Waals surface area contributed by atoms with Crippen molar-refractivity contribution in [3.05, 3.63) is 51.9 Å². The zero-order valence-electron chi connectivity index (χ0n) is 9.27. The fourth-order valence-corrected chi connectivity index (χ4v) is 1.96. The first-order valence-corrected chi connectivity index (χ1v) is 5.94. The fraction of sp³-hybridized carbons (Fsp3) is 0.0769. The molecule has 1 aromatic carbocycles. The molecule has 0 fully saturated rings. The van der Waals surface area contributed by atoms with Gasteiger partial charge in [0.25, 0.3) is 0 Å². The second-order valence-electron chi connectivity index (χ2n) is 3.54. The van der Waals surface area contributed by atoms with E-state index in [1.54, 1.807) is 24.3 Å². The molecule has 0 aliphatic heterocycles. The molecule has 1 aromatic heterocycles. The van der Waals surface area contributed by atoms with Crippen molar-refractivity contribution in [3.63, 3.8) is 0 Å². The van der Waals surface area contributed by atoms with Gasteiger partial charge in [-0.1, -0.05) is 0 Å². The van der Waals surface area contributed by atoms with Gasteiger partial charge in [0.15, 0.2) is 0 Å². The Morgan fingerprint density at radius 3 is 2.61 bits per heavy atom. The van der Waals surface area contributed by atoms with Gasteiger partial charge in [0.1, 0.15) is 11.8 Å². The summed E-state index contributed by atoms with van der Waals surface area (Å²) in [5.74, 6) is 0.980. The number of furan rings is 1. The molecule has 0 saturated carbocycles. The summed E-state index contributed by atoms with van der Waals surface area (Å²) < 4.78 is 6.06. The molecule has 18 heavy (non-hydrogen) atoms. The third-order valence-electron chi connectivity index (χ3n) is 2.32. The first-order valence-electron chi connectivity index (χ1n) is 5.15. The molecular formula is C13H8BrN3O. The van der Waals surface area contributed by atoms with Crippen LogP contribution in [0.25, 0.3) is 0 Å². The lowest BCUT2D eigenvalue weighted by Crippen LogP contribution is -1.98. The molecule has 0 aliphatic rings. The molecule has 5 heteroatoms. The Bertz CT molecular complexity index is 649. The molecule has 2 rings (SSSR count). The van der Waals surface area contributed by atoms with E-state index >= 15 is 0 Å². The lowest BCUT2D eigenvalue weighted by molar-refractivity contribution is 0.506. The average molecular weight is 302 g/mol. The summed E-state index contributed by atoms with van der Waals surface area (Å²) >= 11 is 3.38. The van der Waals surface area contributed by atoms with Crippen molar-refractivity contribution >= 4 is 21.6 Å². The van der Waals surface area contributed by atoms with E-state index in [9.17, 15) is 0 Å². The summed E-state index contributed by atoms with van der Waals surface area (Å²) in [4.78, 5) is 0. The molecule has 0 amide bonds. The topological polar surface area (TPSA) is 72.8 Å². The molecule has 0 bridgehead atoms. The third kappa shape index (κ3) is 2.71. The van der Waals surface area contributed by atoms with Crippen molar-refractivity contribution in [1.82, 2.24) is 0 Å². The summed E-state index contributed by atoms with van der Waals surface area (Å²) in [6.07, 6.45) is 0. The monoisotopic (exact) mass is 301 g/mol. The van der Waals surface area contributed by atoms with E-state index in [-0.39, 0.29) is 0 Å². The molecule has 0 aliphatic carbocycles. The van der Waals surface area contributed by atoms with Crippen LogP contribution in [0.1, 0.15) is 17.1 Å². The molecule has 0 saturated heterocycles. The standard InChI is InChI=1S/C13H8BrN3O/c14-12-5-9(6-15)1-4-13(12)17-8-11-3-2-10(7-16)18-11/h1-5,17H,8H2. The second kappa shape index (κ2) is 5.39. The number of nitrogens with one attached hydrogen (secondary N) is 1. The van der Waals surface area contributed by atoms with Gasteiger partial charge in [0, 0.05) is 10.2 Å². The minimum Gasteiger partial charge on any atom is -0.449 e. The molecule has 1 heterocycles. The van der Waals surface area contributed by atoms with Crippen LogP contribution in [0, 0.1) is 22.7 Å². The highest BCUT2D eigenvalue weighted by Gasteiger charge is 2.04. The summed E-state index contributed by atoms with van der Waals surface area (Å²) in [7, 11) is 0. The molecule has 0 radical (unpaired) electrons.